The molecule has 6 N–H and O–H groups in total. The monoisotopic (exact) mass is 272 g/mol. The normalized spacial score (nSPS) is 11.2. The summed E-state index contributed by atoms with van der Waals surface area (Å²) in [7, 11) is -3.22. The van der Waals surface area contributed by atoms with Gasteiger partial charge in [-0.25, -0.2) is 13.1 Å². The summed E-state index contributed by atoms with van der Waals surface area (Å²) in [5, 5.41) is 2.90. The van der Waals surface area contributed by atoms with Crippen LogP contribution < -0.4 is 21.5 Å². The van der Waals surface area contributed by atoms with Crippen molar-refractivity contribution in [2.45, 2.75) is 0 Å². The summed E-state index contributed by atoms with van der Waals surface area (Å²) in [4.78, 5) is 11.2. The van der Waals surface area contributed by atoms with Crippen molar-refractivity contribution in [2.75, 3.05) is 30.4 Å². The van der Waals surface area contributed by atoms with Gasteiger partial charge in [0.25, 0.3) is 5.91 Å². The van der Waals surface area contributed by atoms with Gasteiger partial charge in [0.2, 0.25) is 10.0 Å². The maximum atomic E-state index is 11.2. The second-order valence-corrected chi connectivity index (χ2v) is 5.60. The Balaban J connectivity index is 2.66. The van der Waals surface area contributed by atoms with E-state index < -0.39 is 15.9 Å². The summed E-state index contributed by atoms with van der Waals surface area (Å²) >= 11 is 0. The lowest BCUT2D eigenvalue weighted by Gasteiger charge is -2.11. The fraction of sp³-hybridized carbons (Fsp3) is 0.300. The van der Waals surface area contributed by atoms with Gasteiger partial charge in [-0.2, -0.15) is 0 Å². The Kier molecular flexibility index (Phi) is 4.51. The van der Waals surface area contributed by atoms with Crippen LogP contribution in [0.5, 0.6) is 0 Å². The first kappa shape index (κ1) is 14.3. The molecule has 18 heavy (non-hydrogen) atoms. The van der Waals surface area contributed by atoms with Gasteiger partial charge in [0.1, 0.15) is 0 Å². The SMILES string of the molecule is CS(=O)(=O)NCCNc1cc(N)ccc1C(N)=O. The van der Waals surface area contributed by atoms with Crippen LogP contribution in [0.15, 0.2) is 18.2 Å². The van der Waals surface area contributed by atoms with Crippen molar-refractivity contribution in [3.63, 3.8) is 0 Å². The van der Waals surface area contributed by atoms with Crippen LogP contribution in [0.2, 0.25) is 0 Å². The van der Waals surface area contributed by atoms with Gasteiger partial charge in [0.05, 0.1) is 11.8 Å². The Morgan fingerprint density at radius 1 is 1.33 bits per heavy atom. The summed E-state index contributed by atoms with van der Waals surface area (Å²) in [5.74, 6) is -0.575. The molecule has 0 heterocycles. The van der Waals surface area contributed by atoms with Gasteiger partial charge < -0.3 is 16.8 Å². The first-order valence-corrected chi connectivity index (χ1v) is 7.06. The predicted molar refractivity (Wildman–Crippen MR) is 70.7 cm³/mol. The zero-order valence-corrected chi connectivity index (χ0v) is 10.8. The van der Waals surface area contributed by atoms with Crippen molar-refractivity contribution < 1.29 is 13.2 Å². The van der Waals surface area contributed by atoms with Gasteiger partial charge in [-0.05, 0) is 18.2 Å². The van der Waals surface area contributed by atoms with E-state index in [-0.39, 0.29) is 6.54 Å². The number of rotatable bonds is 6. The largest absolute Gasteiger partial charge is 0.399 e. The minimum atomic E-state index is -3.22. The van der Waals surface area contributed by atoms with Crippen LogP contribution in [-0.4, -0.2) is 33.7 Å². The second kappa shape index (κ2) is 5.69. The molecule has 0 saturated carbocycles. The molecule has 0 bridgehead atoms. The molecule has 8 heteroatoms. The quantitative estimate of drug-likeness (QED) is 0.403. The lowest BCUT2D eigenvalue weighted by molar-refractivity contribution is 0.100. The number of carbonyl (C=O) groups excluding carboxylic acids is 1. The molecule has 1 rings (SSSR count). The number of amides is 1. The molecule has 0 aliphatic heterocycles. The Morgan fingerprint density at radius 2 is 2.00 bits per heavy atom. The number of benzene rings is 1. The van der Waals surface area contributed by atoms with Crippen LogP contribution in [0, 0.1) is 0 Å². The number of sulfonamides is 1. The van der Waals surface area contributed by atoms with Crippen molar-refractivity contribution in [2.24, 2.45) is 5.73 Å². The molecule has 1 aromatic carbocycles. The van der Waals surface area contributed by atoms with E-state index in [2.05, 4.69) is 10.0 Å². The Hall–Kier alpha value is -1.80. The van der Waals surface area contributed by atoms with Crippen LogP contribution in [0.4, 0.5) is 11.4 Å². The third kappa shape index (κ3) is 4.60. The van der Waals surface area contributed by atoms with Crippen LogP contribution in [-0.2, 0) is 10.0 Å². The highest BCUT2D eigenvalue weighted by atomic mass is 32.2. The molecule has 0 radical (unpaired) electrons. The van der Waals surface area contributed by atoms with Crippen LogP contribution in [0.3, 0.4) is 0 Å². The predicted octanol–water partition coefficient (Wildman–Crippen LogP) is -0.671. The van der Waals surface area contributed by atoms with Gasteiger partial charge in [-0.1, -0.05) is 0 Å². The van der Waals surface area contributed by atoms with Gasteiger partial charge >= 0.3 is 0 Å². The second-order valence-electron chi connectivity index (χ2n) is 3.76. The molecular formula is C10H16N4O3S. The van der Waals surface area contributed by atoms with Crippen molar-refractivity contribution in [3.05, 3.63) is 23.8 Å². The molecule has 0 unspecified atom stereocenters. The molecule has 1 amide bonds. The number of hydrogen-bond acceptors (Lipinski definition) is 5. The highest BCUT2D eigenvalue weighted by molar-refractivity contribution is 7.88. The van der Waals surface area contributed by atoms with Crippen molar-refractivity contribution in [1.82, 2.24) is 4.72 Å². The summed E-state index contributed by atoms with van der Waals surface area (Å²) in [5.41, 5.74) is 12.1. The Bertz CT molecular complexity index is 542. The van der Waals surface area contributed by atoms with Crippen LogP contribution in [0.1, 0.15) is 10.4 Å². The third-order valence-electron chi connectivity index (χ3n) is 2.11. The van der Waals surface area contributed by atoms with Crippen molar-refractivity contribution in [3.8, 4) is 0 Å². The fourth-order valence-corrected chi connectivity index (χ4v) is 1.83. The molecule has 7 nitrogen and oxygen atoms in total. The lowest BCUT2D eigenvalue weighted by atomic mass is 10.1. The summed E-state index contributed by atoms with van der Waals surface area (Å²) in [6, 6.07) is 4.66. The summed E-state index contributed by atoms with van der Waals surface area (Å²) < 4.78 is 24.0. The Morgan fingerprint density at radius 3 is 2.56 bits per heavy atom. The minimum Gasteiger partial charge on any atom is -0.399 e. The summed E-state index contributed by atoms with van der Waals surface area (Å²) in [6.07, 6.45) is 1.07. The topological polar surface area (TPSA) is 127 Å². The molecule has 0 saturated heterocycles. The van der Waals surface area contributed by atoms with Gasteiger partial charge in [0.15, 0.2) is 0 Å². The number of carbonyl (C=O) groups is 1. The lowest BCUT2D eigenvalue weighted by Crippen LogP contribution is -2.28. The van der Waals surface area contributed by atoms with Crippen molar-refractivity contribution in [1.29, 1.82) is 0 Å². The van der Waals surface area contributed by atoms with Gasteiger partial charge in [-0.3, -0.25) is 4.79 Å². The first-order chi connectivity index (χ1) is 8.29. The van der Waals surface area contributed by atoms with E-state index >= 15 is 0 Å². The smallest absolute Gasteiger partial charge is 0.250 e. The number of primary amides is 1. The highest BCUT2D eigenvalue weighted by Crippen LogP contribution is 2.18. The third-order valence-corrected chi connectivity index (χ3v) is 2.84. The number of nitrogens with two attached hydrogens (primary N) is 2. The maximum Gasteiger partial charge on any atom is 0.250 e. The summed E-state index contributed by atoms with van der Waals surface area (Å²) in [6.45, 7) is 0.517. The molecule has 0 atom stereocenters. The molecule has 0 aromatic heterocycles. The molecule has 0 fully saturated rings. The van der Waals surface area contributed by atoms with E-state index in [0.717, 1.165) is 6.26 Å². The zero-order chi connectivity index (χ0) is 13.8. The minimum absolute atomic E-state index is 0.200. The average molecular weight is 272 g/mol. The van der Waals surface area contributed by atoms with E-state index in [1.165, 1.54) is 6.07 Å². The standard InChI is InChI=1S/C10H16N4O3S/c1-18(16,17)14-5-4-13-9-6-7(11)2-3-8(9)10(12)15/h2-3,6,13-14H,4-5,11H2,1H3,(H2,12,15). The molecular weight excluding hydrogens is 256 g/mol. The van der Waals surface area contributed by atoms with Gasteiger partial charge in [0, 0.05) is 24.5 Å². The van der Waals surface area contributed by atoms with E-state index in [0.29, 0.717) is 23.5 Å². The molecule has 0 aliphatic rings. The highest BCUT2D eigenvalue weighted by Gasteiger charge is 2.08. The fourth-order valence-electron chi connectivity index (χ4n) is 1.36. The first-order valence-electron chi connectivity index (χ1n) is 5.17. The van der Waals surface area contributed by atoms with Gasteiger partial charge in [-0.15, -0.1) is 0 Å². The molecule has 0 aliphatic carbocycles. The van der Waals surface area contributed by atoms with E-state index in [9.17, 15) is 13.2 Å². The molecule has 1 aromatic rings. The van der Waals surface area contributed by atoms with Crippen LogP contribution >= 0.6 is 0 Å². The van der Waals surface area contributed by atoms with E-state index in [1.54, 1.807) is 12.1 Å². The van der Waals surface area contributed by atoms with E-state index in [1.807, 2.05) is 0 Å². The molecule has 0 spiro atoms. The number of nitrogens with one attached hydrogen (secondary N) is 2. The van der Waals surface area contributed by atoms with Crippen LogP contribution in [0.25, 0.3) is 0 Å². The number of hydrogen-bond donors (Lipinski definition) is 4. The number of nitrogen functional groups attached to an aromatic ring is 1. The van der Waals surface area contributed by atoms with E-state index in [4.69, 9.17) is 11.5 Å². The number of anilines is 2. The molecule has 100 valence electrons. The average Bonchev–Trinajstić information content (AvgIpc) is 2.22. The van der Waals surface area contributed by atoms with Crippen molar-refractivity contribution >= 4 is 27.3 Å². The maximum absolute atomic E-state index is 11.2. The zero-order valence-electron chi connectivity index (χ0n) is 9.93. The Labute approximate surface area is 106 Å².